The molecule has 8 nitrogen and oxygen atoms in total. The summed E-state index contributed by atoms with van der Waals surface area (Å²) in [5.74, 6) is 0.398. The topological polar surface area (TPSA) is 106 Å². The van der Waals surface area contributed by atoms with Crippen LogP contribution >= 0.6 is 0 Å². The molecule has 0 unspecified atom stereocenters. The lowest BCUT2D eigenvalue weighted by Crippen LogP contribution is -2.24. The Kier molecular flexibility index (Phi) is 5.28. The van der Waals surface area contributed by atoms with Gasteiger partial charge >= 0.3 is 6.01 Å². The average molecular weight is 268 g/mol. The summed E-state index contributed by atoms with van der Waals surface area (Å²) in [5.41, 5.74) is 5.56. The van der Waals surface area contributed by atoms with Crippen molar-refractivity contribution in [3.8, 4) is 6.01 Å². The summed E-state index contributed by atoms with van der Waals surface area (Å²) in [6, 6.07) is 0.170. The first-order valence-electron chi connectivity index (χ1n) is 6.00. The molecule has 19 heavy (non-hydrogen) atoms. The molecule has 0 spiro atoms. The number of hydrogen-bond donors (Lipinski definition) is 2. The van der Waals surface area contributed by atoms with Crippen LogP contribution in [0.15, 0.2) is 0 Å². The molecular weight excluding hydrogens is 248 g/mol. The Morgan fingerprint density at radius 3 is 2.63 bits per heavy atom. The molecule has 106 valence electrons. The average Bonchev–Trinajstić information content (AvgIpc) is 2.26. The number of hydrogen-bond acceptors (Lipinski definition) is 7. The van der Waals surface area contributed by atoms with E-state index < -0.39 is 0 Å². The van der Waals surface area contributed by atoms with Crippen molar-refractivity contribution in [1.82, 2.24) is 19.9 Å². The van der Waals surface area contributed by atoms with Gasteiger partial charge in [-0.25, -0.2) is 0 Å². The van der Waals surface area contributed by atoms with E-state index >= 15 is 0 Å². The van der Waals surface area contributed by atoms with E-state index in [2.05, 4.69) is 20.3 Å². The van der Waals surface area contributed by atoms with Crippen molar-refractivity contribution in [3.05, 3.63) is 0 Å². The highest BCUT2D eigenvalue weighted by molar-refractivity contribution is 5.75. The molecule has 0 radical (unpaired) electrons. The van der Waals surface area contributed by atoms with Crippen molar-refractivity contribution < 1.29 is 9.53 Å². The van der Waals surface area contributed by atoms with Gasteiger partial charge in [0.25, 0.3) is 0 Å². The first-order valence-corrected chi connectivity index (χ1v) is 6.00. The summed E-state index contributed by atoms with van der Waals surface area (Å²) in [5, 5.41) is 2.92. The number of ether oxygens (including phenoxy) is 1. The number of nitrogens with two attached hydrogens (primary N) is 1. The SMILES string of the molecule is CC(C)Oc1nc(N)nc(NCCC(=O)N(C)C)n1. The molecule has 1 aromatic rings. The molecule has 1 amide bonds. The molecule has 0 saturated carbocycles. The van der Waals surface area contributed by atoms with Gasteiger partial charge in [-0.05, 0) is 13.8 Å². The van der Waals surface area contributed by atoms with E-state index in [1.54, 1.807) is 14.1 Å². The van der Waals surface area contributed by atoms with Crippen LogP contribution in [0.5, 0.6) is 6.01 Å². The van der Waals surface area contributed by atoms with E-state index in [1.807, 2.05) is 13.8 Å². The van der Waals surface area contributed by atoms with Crippen molar-refractivity contribution >= 4 is 17.8 Å². The fourth-order valence-electron chi connectivity index (χ4n) is 1.22. The predicted octanol–water partition coefficient (Wildman–Crippen LogP) is 0.131. The summed E-state index contributed by atoms with van der Waals surface area (Å²) < 4.78 is 5.34. The van der Waals surface area contributed by atoms with Crippen LogP contribution in [0.4, 0.5) is 11.9 Å². The molecule has 0 bridgehead atoms. The second-order valence-corrected chi connectivity index (χ2v) is 4.43. The maximum Gasteiger partial charge on any atom is 0.323 e. The second-order valence-electron chi connectivity index (χ2n) is 4.43. The quantitative estimate of drug-likeness (QED) is 0.755. The number of nitrogens with zero attached hydrogens (tertiary/aromatic N) is 4. The van der Waals surface area contributed by atoms with E-state index in [9.17, 15) is 4.79 Å². The number of amides is 1. The van der Waals surface area contributed by atoms with Crippen molar-refractivity contribution in [1.29, 1.82) is 0 Å². The number of anilines is 2. The van der Waals surface area contributed by atoms with Crippen molar-refractivity contribution in [2.45, 2.75) is 26.4 Å². The third-order valence-electron chi connectivity index (χ3n) is 2.09. The summed E-state index contributed by atoms with van der Waals surface area (Å²) in [6.45, 7) is 4.15. The van der Waals surface area contributed by atoms with Gasteiger partial charge in [0.2, 0.25) is 17.8 Å². The van der Waals surface area contributed by atoms with Crippen LogP contribution in [0.1, 0.15) is 20.3 Å². The predicted molar refractivity (Wildman–Crippen MR) is 71.8 cm³/mol. The first-order chi connectivity index (χ1) is 8.88. The van der Waals surface area contributed by atoms with Crippen LogP contribution in [0, 0.1) is 0 Å². The minimum absolute atomic E-state index is 0.0215. The zero-order chi connectivity index (χ0) is 14.4. The van der Waals surface area contributed by atoms with E-state index in [0.717, 1.165) is 0 Å². The third kappa shape index (κ3) is 5.36. The van der Waals surface area contributed by atoms with Crippen LogP contribution in [-0.4, -0.2) is 52.5 Å². The molecule has 0 atom stereocenters. The van der Waals surface area contributed by atoms with Gasteiger partial charge in [-0.1, -0.05) is 0 Å². The van der Waals surface area contributed by atoms with E-state index in [0.29, 0.717) is 18.9 Å². The number of rotatable bonds is 6. The van der Waals surface area contributed by atoms with Crippen molar-refractivity contribution in [2.24, 2.45) is 0 Å². The Hall–Kier alpha value is -2.12. The minimum Gasteiger partial charge on any atom is -0.461 e. The lowest BCUT2D eigenvalue weighted by atomic mass is 10.4. The molecule has 0 fully saturated rings. The Balaban J connectivity index is 2.58. The number of carbonyl (C=O) groups excluding carboxylic acids is 1. The van der Waals surface area contributed by atoms with Gasteiger partial charge in [-0.15, -0.1) is 0 Å². The van der Waals surface area contributed by atoms with Crippen LogP contribution in [-0.2, 0) is 4.79 Å². The molecular formula is C11H20N6O2. The van der Waals surface area contributed by atoms with E-state index in [-0.39, 0.29) is 24.0 Å². The highest BCUT2D eigenvalue weighted by Crippen LogP contribution is 2.10. The van der Waals surface area contributed by atoms with Crippen LogP contribution < -0.4 is 15.8 Å². The fraction of sp³-hybridized carbons (Fsp3) is 0.636. The number of nitrogen functional groups attached to an aromatic ring is 1. The van der Waals surface area contributed by atoms with Gasteiger partial charge in [0.15, 0.2) is 0 Å². The highest BCUT2D eigenvalue weighted by Gasteiger charge is 2.08. The number of aromatic nitrogens is 3. The summed E-state index contributed by atoms with van der Waals surface area (Å²) in [6.07, 6.45) is 0.295. The Morgan fingerprint density at radius 2 is 2.05 bits per heavy atom. The van der Waals surface area contributed by atoms with E-state index in [4.69, 9.17) is 10.5 Å². The van der Waals surface area contributed by atoms with Gasteiger partial charge in [0.1, 0.15) is 0 Å². The van der Waals surface area contributed by atoms with Crippen LogP contribution in [0.2, 0.25) is 0 Å². The molecule has 1 aromatic heterocycles. The van der Waals surface area contributed by atoms with Gasteiger partial charge in [-0.2, -0.15) is 15.0 Å². The summed E-state index contributed by atoms with van der Waals surface area (Å²) in [7, 11) is 3.41. The normalized spacial score (nSPS) is 10.4. The first kappa shape index (κ1) is 14.9. The van der Waals surface area contributed by atoms with Gasteiger partial charge in [0, 0.05) is 27.1 Å². The lowest BCUT2D eigenvalue weighted by Gasteiger charge is -2.11. The van der Waals surface area contributed by atoms with E-state index in [1.165, 1.54) is 4.90 Å². The third-order valence-corrected chi connectivity index (χ3v) is 2.09. The van der Waals surface area contributed by atoms with Crippen molar-refractivity contribution in [3.63, 3.8) is 0 Å². The largest absolute Gasteiger partial charge is 0.461 e. The van der Waals surface area contributed by atoms with Gasteiger partial charge in [-0.3, -0.25) is 4.79 Å². The molecule has 3 N–H and O–H groups in total. The minimum atomic E-state index is -0.0510. The molecule has 0 aliphatic heterocycles. The molecule has 0 aliphatic rings. The monoisotopic (exact) mass is 268 g/mol. The zero-order valence-electron chi connectivity index (χ0n) is 11.7. The van der Waals surface area contributed by atoms with Crippen LogP contribution in [0.25, 0.3) is 0 Å². The number of nitrogens with one attached hydrogen (secondary N) is 1. The Labute approximate surface area is 112 Å². The maximum atomic E-state index is 11.4. The zero-order valence-corrected chi connectivity index (χ0v) is 11.7. The maximum absolute atomic E-state index is 11.4. The standard InChI is InChI=1S/C11H20N6O2/c1-7(2)19-11-15-9(12)14-10(16-11)13-6-5-8(18)17(3)4/h7H,5-6H2,1-4H3,(H3,12,13,14,15,16). The summed E-state index contributed by atoms with van der Waals surface area (Å²) in [4.78, 5) is 24.8. The molecule has 0 aliphatic carbocycles. The van der Waals surface area contributed by atoms with Crippen LogP contribution in [0.3, 0.4) is 0 Å². The highest BCUT2D eigenvalue weighted by atomic mass is 16.5. The molecule has 1 heterocycles. The van der Waals surface area contributed by atoms with Crippen molar-refractivity contribution in [2.75, 3.05) is 31.7 Å². The Morgan fingerprint density at radius 1 is 1.37 bits per heavy atom. The summed E-state index contributed by atoms with van der Waals surface area (Å²) >= 11 is 0. The number of carbonyl (C=O) groups is 1. The second kappa shape index (κ2) is 6.72. The molecule has 1 rings (SSSR count). The Bertz CT molecular complexity index is 435. The van der Waals surface area contributed by atoms with Gasteiger partial charge in [0.05, 0.1) is 6.10 Å². The molecule has 8 heteroatoms. The molecule has 0 aromatic carbocycles. The van der Waals surface area contributed by atoms with Gasteiger partial charge < -0.3 is 20.7 Å². The molecule has 0 saturated heterocycles. The lowest BCUT2D eigenvalue weighted by molar-refractivity contribution is -0.128. The smallest absolute Gasteiger partial charge is 0.323 e. The fourth-order valence-corrected chi connectivity index (χ4v) is 1.22.